The minimum Gasteiger partial charge on any atom is -0.370 e. The third-order valence-corrected chi connectivity index (χ3v) is 2.93. The van der Waals surface area contributed by atoms with Crippen LogP contribution in [-0.2, 0) is 9.53 Å². The number of amides is 1. The smallest absolute Gasteiger partial charge is 0.248 e. The van der Waals surface area contributed by atoms with Crippen LogP contribution in [0.2, 0.25) is 0 Å². The number of carbonyl (C=O) groups is 1. The molecule has 5 nitrogen and oxygen atoms in total. The molecule has 5 heteroatoms. The lowest BCUT2D eigenvalue weighted by Gasteiger charge is -2.21. The van der Waals surface area contributed by atoms with Gasteiger partial charge in [-0.3, -0.25) is 4.79 Å². The molecule has 1 saturated heterocycles. The molecule has 1 heterocycles. The van der Waals surface area contributed by atoms with Crippen LogP contribution in [0.3, 0.4) is 0 Å². The van der Waals surface area contributed by atoms with Gasteiger partial charge in [-0.1, -0.05) is 0 Å². The number of carbonyl (C=O) groups excluding carboxylic acids is 1. The first-order chi connectivity index (χ1) is 7.63. The van der Waals surface area contributed by atoms with Gasteiger partial charge in [0.05, 0.1) is 6.61 Å². The Kier molecular flexibility index (Phi) is 5.73. The van der Waals surface area contributed by atoms with Gasteiger partial charge in [0.25, 0.3) is 0 Å². The van der Waals surface area contributed by atoms with Crippen molar-refractivity contribution in [3.63, 3.8) is 0 Å². The molecular weight excluding hydrogens is 206 g/mol. The fourth-order valence-electron chi connectivity index (χ4n) is 2.02. The third-order valence-electron chi connectivity index (χ3n) is 2.93. The van der Waals surface area contributed by atoms with E-state index >= 15 is 0 Å². The maximum atomic E-state index is 11.6. The first-order valence-electron chi connectivity index (χ1n) is 5.83. The maximum absolute atomic E-state index is 11.6. The first kappa shape index (κ1) is 13.4. The van der Waals surface area contributed by atoms with Crippen molar-refractivity contribution in [3.05, 3.63) is 0 Å². The Morgan fingerprint density at radius 1 is 1.62 bits per heavy atom. The number of nitrogens with two attached hydrogens (primary N) is 1. The standard InChI is InChI=1S/C11H23N3O2/c1-13-5-3-10(7-13)8-14(2)11(15)9-16-6-4-12/h10H,3-9,12H2,1-2H3. The molecule has 0 saturated carbocycles. The van der Waals surface area contributed by atoms with E-state index in [2.05, 4.69) is 11.9 Å². The van der Waals surface area contributed by atoms with Gasteiger partial charge in [-0.15, -0.1) is 0 Å². The number of ether oxygens (including phenoxy) is 1. The van der Waals surface area contributed by atoms with Gasteiger partial charge in [-0.2, -0.15) is 0 Å². The highest BCUT2D eigenvalue weighted by Gasteiger charge is 2.22. The van der Waals surface area contributed by atoms with Crippen molar-refractivity contribution >= 4 is 5.91 Å². The molecule has 0 aromatic carbocycles. The zero-order valence-electron chi connectivity index (χ0n) is 10.3. The third kappa shape index (κ3) is 4.47. The summed E-state index contributed by atoms with van der Waals surface area (Å²) in [6.45, 7) is 4.11. The molecule has 1 fully saturated rings. The van der Waals surface area contributed by atoms with Gasteiger partial charge >= 0.3 is 0 Å². The van der Waals surface area contributed by atoms with Crippen LogP contribution in [0.15, 0.2) is 0 Å². The van der Waals surface area contributed by atoms with Crippen molar-refractivity contribution in [1.29, 1.82) is 0 Å². The molecule has 1 aliphatic heterocycles. The van der Waals surface area contributed by atoms with E-state index in [1.54, 1.807) is 4.90 Å². The second-order valence-electron chi connectivity index (χ2n) is 4.53. The van der Waals surface area contributed by atoms with Crippen molar-refractivity contribution in [2.75, 3.05) is 53.5 Å². The molecule has 1 rings (SSSR count). The fraction of sp³-hybridized carbons (Fsp3) is 0.909. The minimum absolute atomic E-state index is 0.0444. The predicted octanol–water partition coefficient (Wildman–Crippen LogP) is -0.628. The van der Waals surface area contributed by atoms with Crippen LogP contribution in [0, 0.1) is 5.92 Å². The summed E-state index contributed by atoms with van der Waals surface area (Å²) in [6.07, 6.45) is 1.18. The zero-order valence-corrected chi connectivity index (χ0v) is 10.3. The van der Waals surface area contributed by atoms with E-state index in [-0.39, 0.29) is 12.5 Å². The second-order valence-corrected chi connectivity index (χ2v) is 4.53. The van der Waals surface area contributed by atoms with Gasteiger partial charge in [-0.05, 0) is 25.9 Å². The van der Waals surface area contributed by atoms with Gasteiger partial charge in [-0.25, -0.2) is 0 Å². The SMILES string of the molecule is CN1CCC(CN(C)C(=O)COCCN)C1. The summed E-state index contributed by atoms with van der Waals surface area (Å²) < 4.78 is 5.12. The molecule has 2 N–H and O–H groups in total. The van der Waals surface area contributed by atoms with Crippen LogP contribution in [0.1, 0.15) is 6.42 Å². The number of rotatable bonds is 6. The van der Waals surface area contributed by atoms with Crippen LogP contribution in [-0.4, -0.2) is 69.2 Å². The first-order valence-corrected chi connectivity index (χ1v) is 5.83. The Morgan fingerprint density at radius 2 is 2.38 bits per heavy atom. The average molecular weight is 229 g/mol. The van der Waals surface area contributed by atoms with Crippen molar-refractivity contribution in [3.8, 4) is 0 Å². The molecule has 1 amide bonds. The summed E-state index contributed by atoms with van der Waals surface area (Å²) >= 11 is 0. The Morgan fingerprint density at radius 3 is 2.94 bits per heavy atom. The molecule has 0 radical (unpaired) electrons. The topological polar surface area (TPSA) is 58.8 Å². The summed E-state index contributed by atoms with van der Waals surface area (Å²) in [7, 11) is 3.96. The summed E-state index contributed by atoms with van der Waals surface area (Å²) in [5, 5.41) is 0. The van der Waals surface area contributed by atoms with E-state index in [0.717, 1.165) is 19.6 Å². The highest BCUT2D eigenvalue weighted by atomic mass is 16.5. The molecule has 1 atom stereocenters. The van der Waals surface area contributed by atoms with E-state index in [1.165, 1.54) is 6.42 Å². The number of likely N-dealkylation sites (N-methyl/N-ethyl adjacent to an activating group) is 1. The number of hydrogen-bond acceptors (Lipinski definition) is 4. The van der Waals surface area contributed by atoms with E-state index in [4.69, 9.17) is 10.5 Å². The summed E-state index contributed by atoms with van der Waals surface area (Å²) in [6, 6.07) is 0. The summed E-state index contributed by atoms with van der Waals surface area (Å²) in [5.74, 6) is 0.650. The largest absolute Gasteiger partial charge is 0.370 e. The fourth-order valence-corrected chi connectivity index (χ4v) is 2.02. The minimum atomic E-state index is 0.0444. The molecule has 0 spiro atoms. The molecule has 1 aliphatic rings. The monoisotopic (exact) mass is 229 g/mol. The van der Waals surface area contributed by atoms with Gasteiger partial charge < -0.3 is 20.3 Å². The number of likely N-dealkylation sites (tertiary alicyclic amines) is 1. The quantitative estimate of drug-likeness (QED) is 0.616. The van der Waals surface area contributed by atoms with Gasteiger partial charge in [0.15, 0.2) is 0 Å². The Labute approximate surface area is 97.5 Å². The lowest BCUT2D eigenvalue weighted by atomic mass is 10.1. The average Bonchev–Trinajstić information content (AvgIpc) is 2.64. The summed E-state index contributed by atoms with van der Waals surface area (Å²) in [5.41, 5.74) is 5.28. The molecule has 1 unspecified atom stereocenters. The van der Waals surface area contributed by atoms with Crippen LogP contribution in [0.25, 0.3) is 0 Å². The van der Waals surface area contributed by atoms with Crippen LogP contribution >= 0.6 is 0 Å². The highest BCUT2D eigenvalue weighted by molar-refractivity contribution is 5.77. The normalized spacial score (nSPS) is 21.3. The lowest BCUT2D eigenvalue weighted by molar-refractivity contribution is -0.135. The van der Waals surface area contributed by atoms with Crippen LogP contribution in [0.4, 0.5) is 0 Å². The van der Waals surface area contributed by atoms with Crippen molar-refractivity contribution in [1.82, 2.24) is 9.80 Å². The van der Waals surface area contributed by atoms with Gasteiger partial charge in [0.1, 0.15) is 6.61 Å². The van der Waals surface area contributed by atoms with Crippen LogP contribution in [0.5, 0.6) is 0 Å². The van der Waals surface area contributed by atoms with E-state index in [9.17, 15) is 4.79 Å². The predicted molar refractivity (Wildman–Crippen MR) is 63.1 cm³/mol. The Hall–Kier alpha value is -0.650. The molecule has 94 valence electrons. The molecule has 0 aliphatic carbocycles. The van der Waals surface area contributed by atoms with Gasteiger partial charge in [0.2, 0.25) is 5.91 Å². The second kappa shape index (κ2) is 6.83. The van der Waals surface area contributed by atoms with Crippen LogP contribution < -0.4 is 5.73 Å². The molecule has 0 aromatic heterocycles. The van der Waals surface area contributed by atoms with Gasteiger partial charge in [0, 0.05) is 26.7 Å². The van der Waals surface area contributed by atoms with E-state index < -0.39 is 0 Å². The van der Waals surface area contributed by atoms with E-state index in [1.807, 2.05) is 7.05 Å². The number of hydrogen-bond donors (Lipinski definition) is 1. The zero-order chi connectivity index (χ0) is 12.0. The van der Waals surface area contributed by atoms with Crippen molar-refractivity contribution < 1.29 is 9.53 Å². The summed E-state index contributed by atoms with van der Waals surface area (Å²) in [4.78, 5) is 15.7. The highest BCUT2D eigenvalue weighted by Crippen LogP contribution is 2.14. The molecule has 0 aromatic rings. The van der Waals surface area contributed by atoms with E-state index in [0.29, 0.717) is 19.1 Å². The molecule has 16 heavy (non-hydrogen) atoms. The number of nitrogens with zero attached hydrogens (tertiary/aromatic N) is 2. The Bertz CT molecular complexity index is 223. The lowest BCUT2D eigenvalue weighted by Crippen LogP contribution is -2.35. The molecular formula is C11H23N3O2. The Balaban J connectivity index is 2.18. The molecule has 0 bridgehead atoms. The van der Waals surface area contributed by atoms with Crippen molar-refractivity contribution in [2.24, 2.45) is 11.7 Å². The van der Waals surface area contributed by atoms with Crippen molar-refractivity contribution in [2.45, 2.75) is 6.42 Å². The maximum Gasteiger partial charge on any atom is 0.248 e.